The number of piperazine rings is 1. The van der Waals surface area contributed by atoms with E-state index < -0.39 is 0 Å². The summed E-state index contributed by atoms with van der Waals surface area (Å²) in [6, 6.07) is 32.3. The van der Waals surface area contributed by atoms with Gasteiger partial charge in [0.25, 0.3) is 0 Å². The Morgan fingerprint density at radius 2 is 1.35 bits per heavy atom. The fraction of sp³-hybridized carbons (Fsp3) is 0.300. The van der Waals surface area contributed by atoms with Gasteiger partial charge >= 0.3 is 0 Å². The van der Waals surface area contributed by atoms with Crippen LogP contribution in [0.2, 0.25) is 0 Å². The molecule has 4 aromatic rings. The molecule has 1 aliphatic heterocycles. The van der Waals surface area contributed by atoms with Gasteiger partial charge in [0.05, 0.1) is 11.2 Å². The van der Waals surface area contributed by atoms with Crippen molar-refractivity contribution >= 4 is 0 Å². The molecule has 0 spiro atoms. The lowest BCUT2D eigenvalue weighted by Crippen LogP contribution is -2.54. The zero-order valence-electron chi connectivity index (χ0n) is 20.2. The fourth-order valence-electron chi connectivity index (χ4n) is 5.45. The van der Waals surface area contributed by atoms with Crippen LogP contribution in [0.25, 0.3) is 11.4 Å². The minimum atomic E-state index is -0.216. The van der Waals surface area contributed by atoms with Crippen LogP contribution in [0.4, 0.5) is 0 Å². The van der Waals surface area contributed by atoms with Crippen LogP contribution in [0.3, 0.4) is 0 Å². The lowest BCUT2D eigenvalue weighted by Gasteiger charge is -2.45. The molecule has 5 rings (SSSR count). The molecule has 4 heteroatoms. The van der Waals surface area contributed by atoms with Crippen LogP contribution >= 0.6 is 0 Å². The first kappa shape index (κ1) is 22.6. The number of benzene rings is 3. The Hall–Kier alpha value is -3.21. The molecule has 0 aliphatic carbocycles. The minimum Gasteiger partial charge on any atom is -0.342 e. The quantitative estimate of drug-likeness (QED) is 0.378. The van der Waals surface area contributed by atoms with Gasteiger partial charge in [-0.05, 0) is 31.4 Å². The van der Waals surface area contributed by atoms with Crippen molar-refractivity contribution in [1.29, 1.82) is 0 Å². The largest absolute Gasteiger partial charge is 0.342 e. The van der Waals surface area contributed by atoms with E-state index in [1.807, 2.05) is 0 Å². The summed E-state index contributed by atoms with van der Waals surface area (Å²) in [4.78, 5) is 11.5. The Kier molecular flexibility index (Phi) is 6.61. The maximum absolute atomic E-state index is 5.25. The number of aromatic nitrogens is 2. The number of H-pyrrole nitrogens is 1. The third-order valence-corrected chi connectivity index (χ3v) is 7.26. The average molecular weight is 451 g/mol. The summed E-state index contributed by atoms with van der Waals surface area (Å²) in [6.07, 6.45) is 0.959. The average Bonchev–Trinajstić information content (AvgIpc) is 3.31. The van der Waals surface area contributed by atoms with E-state index in [9.17, 15) is 0 Å². The Labute approximate surface area is 203 Å². The third-order valence-electron chi connectivity index (χ3n) is 7.26. The molecule has 1 unspecified atom stereocenters. The summed E-state index contributed by atoms with van der Waals surface area (Å²) in [5.74, 6) is 1.23. The molecule has 34 heavy (non-hydrogen) atoms. The predicted molar refractivity (Wildman–Crippen MR) is 140 cm³/mol. The molecule has 1 aliphatic rings. The molecule has 0 radical (unpaired) electrons. The van der Waals surface area contributed by atoms with Crippen LogP contribution in [0, 0.1) is 6.92 Å². The number of hydrogen-bond acceptors (Lipinski definition) is 3. The zero-order chi connectivity index (χ0) is 23.4. The van der Waals surface area contributed by atoms with Crippen molar-refractivity contribution < 1.29 is 0 Å². The standard InChI is InChI=1S/C30H34N4/c1-23-28(33-29(32-23)26-16-10-5-11-17-26)30(2,34-20-18-31-19-21-34)22-27(24-12-6-3-7-13-24)25-14-8-4-9-15-25/h3-17,27,31H,18-22H2,1-2H3,(H,32,33). The van der Waals surface area contributed by atoms with Gasteiger partial charge in [-0.2, -0.15) is 0 Å². The highest BCUT2D eigenvalue weighted by Crippen LogP contribution is 2.42. The van der Waals surface area contributed by atoms with Crippen LogP contribution in [0.1, 0.15) is 41.8 Å². The van der Waals surface area contributed by atoms with Crippen LogP contribution in [0.15, 0.2) is 91.0 Å². The van der Waals surface area contributed by atoms with Gasteiger partial charge in [0.15, 0.2) is 0 Å². The first-order chi connectivity index (χ1) is 16.6. The predicted octanol–water partition coefficient (Wildman–Crippen LogP) is 5.73. The summed E-state index contributed by atoms with van der Waals surface area (Å²) < 4.78 is 0. The summed E-state index contributed by atoms with van der Waals surface area (Å²) in [7, 11) is 0. The molecule has 0 amide bonds. The van der Waals surface area contributed by atoms with E-state index >= 15 is 0 Å². The third kappa shape index (κ3) is 4.56. The SMILES string of the molecule is Cc1[nH]c(-c2ccccc2)nc1C(C)(CC(c1ccccc1)c1ccccc1)N1CCNCC1. The van der Waals surface area contributed by atoms with Gasteiger partial charge < -0.3 is 10.3 Å². The topological polar surface area (TPSA) is 44.0 Å². The Bertz CT molecular complexity index is 1140. The minimum absolute atomic E-state index is 0.216. The van der Waals surface area contributed by atoms with Gasteiger partial charge in [-0.1, -0.05) is 91.0 Å². The van der Waals surface area contributed by atoms with E-state index in [0.29, 0.717) is 0 Å². The van der Waals surface area contributed by atoms with E-state index in [-0.39, 0.29) is 11.5 Å². The fourth-order valence-corrected chi connectivity index (χ4v) is 5.45. The highest BCUT2D eigenvalue weighted by atomic mass is 15.3. The van der Waals surface area contributed by atoms with E-state index in [2.05, 4.69) is 120 Å². The van der Waals surface area contributed by atoms with Crippen molar-refractivity contribution in [2.45, 2.75) is 31.7 Å². The number of hydrogen-bond donors (Lipinski definition) is 2. The highest BCUT2D eigenvalue weighted by Gasteiger charge is 2.40. The molecule has 0 saturated carbocycles. The molecular formula is C30H34N4. The molecule has 4 nitrogen and oxygen atoms in total. The van der Waals surface area contributed by atoms with Gasteiger partial charge in [-0.25, -0.2) is 4.98 Å². The van der Waals surface area contributed by atoms with Crippen molar-refractivity contribution in [3.05, 3.63) is 114 Å². The second kappa shape index (κ2) is 9.96. The molecule has 1 fully saturated rings. The normalized spacial score (nSPS) is 16.4. The maximum Gasteiger partial charge on any atom is 0.137 e. The Morgan fingerprint density at radius 1 is 0.824 bits per heavy atom. The molecule has 3 aromatic carbocycles. The number of imidazole rings is 1. The number of aryl methyl sites for hydroxylation is 1. The number of nitrogens with zero attached hydrogens (tertiary/aromatic N) is 2. The molecule has 2 N–H and O–H groups in total. The van der Waals surface area contributed by atoms with Crippen molar-refractivity contribution in [3.63, 3.8) is 0 Å². The van der Waals surface area contributed by atoms with Gasteiger partial charge in [0, 0.05) is 43.4 Å². The smallest absolute Gasteiger partial charge is 0.137 e. The first-order valence-electron chi connectivity index (χ1n) is 12.3. The molecule has 1 saturated heterocycles. The van der Waals surface area contributed by atoms with Crippen molar-refractivity contribution in [3.8, 4) is 11.4 Å². The molecular weight excluding hydrogens is 416 g/mol. The molecule has 1 atom stereocenters. The van der Waals surface area contributed by atoms with Gasteiger partial charge in [-0.15, -0.1) is 0 Å². The van der Waals surface area contributed by atoms with Gasteiger partial charge in [-0.3, -0.25) is 4.90 Å². The second-order valence-corrected chi connectivity index (χ2v) is 9.51. The molecule has 2 heterocycles. The first-order valence-corrected chi connectivity index (χ1v) is 12.3. The van der Waals surface area contributed by atoms with E-state index in [1.54, 1.807) is 0 Å². The molecule has 174 valence electrons. The van der Waals surface area contributed by atoms with Crippen molar-refractivity contribution in [2.75, 3.05) is 26.2 Å². The van der Waals surface area contributed by atoms with Gasteiger partial charge in [0.1, 0.15) is 5.82 Å². The van der Waals surface area contributed by atoms with Crippen LogP contribution in [-0.4, -0.2) is 41.0 Å². The van der Waals surface area contributed by atoms with E-state index in [0.717, 1.165) is 55.4 Å². The number of rotatable bonds is 7. The lowest BCUT2D eigenvalue weighted by atomic mass is 9.77. The van der Waals surface area contributed by atoms with E-state index in [1.165, 1.54) is 11.1 Å². The Balaban J connectivity index is 1.60. The van der Waals surface area contributed by atoms with Crippen molar-refractivity contribution in [1.82, 2.24) is 20.2 Å². The van der Waals surface area contributed by atoms with Crippen LogP contribution < -0.4 is 5.32 Å². The van der Waals surface area contributed by atoms with E-state index in [4.69, 9.17) is 4.98 Å². The van der Waals surface area contributed by atoms with Crippen LogP contribution in [-0.2, 0) is 5.54 Å². The lowest BCUT2D eigenvalue weighted by molar-refractivity contribution is 0.0704. The summed E-state index contributed by atoms with van der Waals surface area (Å²) in [5.41, 5.74) is 5.93. The highest BCUT2D eigenvalue weighted by molar-refractivity contribution is 5.56. The second-order valence-electron chi connectivity index (χ2n) is 9.51. The van der Waals surface area contributed by atoms with Crippen LogP contribution in [0.5, 0.6) is 0 Å². The molecule has 0 bridgehead atoms. The van der Waals surface area contributed by atoms with Crippen molar-refractivity contribution in [2.24, 2.45) is 0 Å². The zero-order valence-corrected chi connectivity index (χ0v) is 20.2. The number of aromatic amines is 1. The number of nitrogens with one attached hydrogen (secondary N) is 2. The maximum atomic E-state index is 5.25. The summed E-state index contributed by atoms with van der Waals surface area (Å²) in [6.45, 7) is 8.61. The monoisotopic (exact) mass is 450 g/mol. The Morgan fingerprint density at radius 3 is 1.91 bits per heavy atom. The summed E-state index contributed by atoms with van der Waals surface area (Å²) >= 11 is 0. The summed E-state index contributed by atoms with van der Waals surface area (Å²) in [5, 5.41) is 3.53. The molecule has 1 aromatic heterocycles. The van der Waals surface area contributed by atoms with Gasteiger partial charge in [0.2, 0.25) is 0 Å².